The zero-order valence-electron chi connectivity index (χ0n) is 16.1. The van der Waals surface area contributed by atoms with Crippen LogP contribution >= 0.6 is 15.9 Å². The van der Waals surface area contributed by atoms with Crippen molar-refractivity contribution in [2.75, 3.05) is 0 Å². The smallest absolute Gasteiger partial charge is 0.286 e. The highest BCUT2D eigenvalue weighted by Crippen LogP contribution is 2.23. The van der Waals surface area contributed by atoms with Gasteiger partial charge in [-0.25, -0.2) is 0 Å². The molecule has 0 spiro atoms. The summed E-state index contributed by atoms with van der Waals surface area (Å²) in [6.45, 7) is 3.15. The number of hydrogen-bond donors (Lipinski definition) is 1. The molecule has 0 aliphatic heterocycles. The minimum Gasteiger partial charge on any atom is -0.365 e. The predicted molar refractivity (Wildman–Crippen MR) is 113 cm³/mol. The fourth-order valence-corrected chi connectivity index (χ4v) is 3.55. The van der Waals surface area contributed by atoms with Crippen LogP contribution in [0.5, 0.6) is 0 Å². The number of Topliss-reactive ketones (excluding diaryl/α,β-unsaturated/α-hetero) is 1. The number of aryl methyl sites for hydroxylation is 1. The lowest BCUT2D eigenvalue weighted by molar-refractivity contribution is -0.385. The van der Waals surface area contributed by atoms with Crippen molar-refractivity contribution in [2.45, 2.75) is 20.4 Å². The lowest BCUT2D eigenvalue weighted by Gasteiger charge is -2.10. The second kappa shape index (κ2) is 8.07. The number of hydrogen-bond acceptors (Lipinski definition) is 5. The van der Waals surface area contributed by atoms with E-state index < -0.39 is 40.0 Å². The Labute approximate surface area is 179 Å². The summed E-state index contributed by atoms with van der Waals surface area (Å²) in [7, 11) is 0. The first-order chi connectivity index (χ1) is 14.1. The van der Waals surface area contributed by atoms with Crippen molar-refractivity contribution in [3.63, 3.8) is 0 Å². The third kappa shape index (κ3) is 3.94. The van der Waals surface area contributed by atoms with E-state index in [1.807, 2.05) is 35.8 Å². The number of amides is 1. The molecule has 0 aliphatic rings. The molecule has 154 valence electrons. The Hall–Kier alpha value is -3.53. The molecule has 0 fully saturated rings. The van der Waals surface area contributed by atoms with Gasteiger partial charge in [-0.1, -0.05) is 15.9 Å². The number of pyridine rings is 1. The summed E-state index contributed by atoms with van der Waals surface area (Å²) in [5, 5.41) is 11.1. The Morgan fingerprint density at radius 1 is 1.13 bits per heavy atom. The topological polar surface area (TPSA) is 130 Å². The summed E-state index contributed by atoms with van der Waals surface area (Å²) < 4.78 is 3.65. The van der Waals surface area contributed by atoms with E-state index in [1.54, 1.807) is 13.0 Å². The van der Waals surface area contributed by atoms with Crippen LogP contribution in [0.3, 0.4) is 0 Å². The summed E-state index contributed by atoms with van der Waals surface area (Å²) in [4.78, 5) is 47.2. The van der Waals surface area contributed by atoms with E-state index in [-0.39, 0.29) is 0 Å². The molecule has 0 atom stereocenters. The zero-order valence-corrected chi connectivity index (χ0v) is 17.7. The van der Waals surface area contributed by atoms with Gasteiger partial charge >= 0.3 is 0 Å². The van der Waals surface area contributed by atoms with Gasteiger partial charge in [0.1, 0.15) is 5.56 Å². The van der Waals surface area contributed by atoms with Crippen molar-refractivity contribution in [1.82, 2.24) is 9.13 Å². The van der Waals surface area contributed by atoms with Gasteiger partial charge in [-0.3, -0.25) is 24.5 Å². The normalized spacial score (nSPS) is 10.8. The monoisotopic (exact) mass is 472 g/mol. The summed E-state index contributed by atoms with van der Waals surface area (Å²) in [5.41, 5.74) is 5.94. The Morgan fingerprint density at radius 2 is 1.77 bits per heavy atom. The first-order valence-corrected chi connectivity index (χ1v) is 9.56. The van der Waals surface area contributed by atoms with Crippen molar-refractivity contribution in [3.05, 3.63) is 90.1 Å². The Balaban J connectivity index is 2.02. The number of benzene rings is 1. The number of rotatable bonds is 6. The highest BCUT2D eigenvalue weighted by molar-refractivity contribution is 9.10. The van der Waals surface area contributed by atoms with Crippen molar-refractivity contribution in [3.8, 4) is 5.69 Å². The number of primary amides is 1. The molecular weight excluding hydrogens is 456 g/mol. The van der Waals surface area contributed by atoms with Crippen LogP contribution in [0.2, 0.25) is 0 Å². The molecule has 1 aromatic carbocycles. The van der Waals surface area contributed by atoms with E-state index in [0.29, 0.717) is 11.3 Å². The lowest BCUT2D eigenvalue weighted by Crippen LogP contribution is -2.31. The number of nitrogens with zero attached hydrogens (tertiary/aromatic N) is 3. The maximum absolute atomic E-state index is 12.9. The third-order valence-corrected chi connectivity index (χ3v) is 5.21. The Kier molecular flexibility index (Phi) is 5.70. The third-order valence-electron chi connectivity index (χ3n) is 4.68. The number of nitrogens with two attached hydrogens (primary N) is 1. The van der Waals surface area contributed by atoms with Crippen LogP contribution in [0.15, 0.2) is 51.9 Å². The van der Waals surface area contributed by atoms with Gasteiger partial charge in [-0.05, 0) is 44.2 Å². The number of nitro groups is 1. The molecule has 0 radical (unpaired) electrons. The molecule has 2 heterocycles. The summed E-state index contributed by atoms with van der Waals surface area (Å²) in [5.74, 6) is -1.53. The van der Waals surface area contributed by atoms with E-state index >= 15 is 0 Å². The average Bonchev–Trinajstić information content (AvgIpc) is 2.98. The van der Waals surface area contributed by atoms with Gasteiger partial charge in [0.05, 0.1) is 17.7 Å². The van der Waals surface area contributed by atoms with Crippen LogP contribution < -0.4 is 11.3 Å². The van der Waals surface area contributed by atoms with Crippen LogP contribution in [0.1, 0.15) is 32.1 Å². The van der Waals surface area contributed by atoms with Crippen molar-refractivity contribution in [2.24, 2.45) is 5.73 Å². The average molecular weight is 473 g/mol. The second-order valence-electron chi connectivity index (χ2n) is 6.69. The van der Waals surface area contributed by atoms with E-state index in [9.17, 15) is 24.5 Å². The molecule has 2 aromatic heterocycles. The molecule has 3 rings (SSSR count). The molecule has 0 bridgehead atoms. The standard InChI is InChI=1S/C20H17BrN4O5/c1-11-7-16(12(2)24(11)14-5-3-13(21)4-6-14)18(26)10-23-9-15(25(29)30)8-17(19(22)27)20(23)28/h3-9H,10H2,1-2H3,(H2,22,27). The van der Waals surface area contributed by atoms with Gasteiger partial charge in [-0.15, -0.1) is 0 Å². The summed E-state index contributed by atoms with van der Waals surface area (Å²) in [6, 6.07) is 10.0. The van der Waals surface area contributed by atoms with Gasteiger partial charge in [-0.2, -0.15) is 0 Å². The van der Waals surface area contributed by atoms with Gasteiger partial charge in [0.25, 0.3) is 17.2 Å². The predicted octanol–water partition coefficient (Wildman–Crippen LogP) is 2.91. The molecule has 0 unspecified atom stereocenters. The number of halogens is 1. The fourth-order valence-electron chi connectivity index (χ4n) is 3.29. The highest BCUT2D eigenvalue weighted by Gasteiger charge is 2.21. The molecule has 30 heavy (non-hydrogen) atoms. The molecule has 10 heteroatoms. The molecule has 1 amide bonds. The Bertz CT molecular complexity index is 1240. The Morgan fingerprint density at radius 3 is 2.33 bits per heavy atom. The van der Waals surface area contributed by atoms with E-state index in [4.69, 9.17) is 5.73 Å². The summed E-state index contributed by atoms with van der Waals surface area (Å²) in [6.07, 6.45) is 0.931. The number of aromatic nitrogens is 2. The van der Waals surface area contributed by atoms with Crippen molar-refractivity contribution in [1.29, 1.82) is 0 Å². The van der Waals surface area contributed by atoms with Crippen LogP contribution in [0.25, 0.3) is 5.69 Å². The van der Waals surface area contributed by atoms with E-state index in [2.05, 4.69) is 15.9 Å². The van der Waals surface area contributed by atoms with Gasteiger partial charge in [0.2, 0.25) is 0 Å². The van der Waals surface area contributed by atoms with E-state index in [1.165, 1.54) is 0 Å². The summed E-state index contributed by atoms with van der Waals surface area (Å²) >= 11 is 3.38. The molecular formula is C20H17BrN4O5. The van der Waals surface area contributed by atoms with Gasteiger partial charge in [0, 0.05) is 33.2 Å². The van der Waals surface area contributed by atoms with Crippen LogP contribution in [0.4, 0.5) is 5.69 Å². The first kappa shape index (κ1) is 21.2. The number of carbonyl (C=O) groups is 2. The minimum atomic E-state index is -1.10. The van der Waals surface area contributed by atoms with Crippen LogP contribution in [-0.2, 0) is 6.54 Å². The minimum absolute atomic E-state index is 0.370. The van der Waals surface area contributed by atoms with Crippen LogP contribution in [-0.4, -0.2) is 25.7 Å². The molecule has 3 aromatic rings. The van der Waals surface area contributed by atoms with Gasteiger partial charge < -0.3 is 14.9 Å². The maximum atomic E-state index is 12.9. The van der Waals surface area contributed by atoms with Gasteiger partial charge in [0.15, 0.2) is 5.78 Å². The number of ketones is 1. The fraction of sp³-hybridized carbons (Fsp3) is 0.150. The van der Waals surface area contributed by atoms with Crippen molar-refractivity contribution < 1.29 is 14.5 Å². The first-order valence-electron chi connectivity index (χ1n) is 8.77. The molecule has 2 N–H and O–H groups in total. The molecule has 0 saturated carbocycles. The molecule has 0 aliphatic carbocycles. The number of carbonyl (C=O) groups excluding carboxylic acids is 2. The molecule has 0 saturated heterocycles. The lowest BCUT2D eigenvalue weighted by atomic mass is 10.1. The second-order valence-corrected chi connectivity index (χ2v) is 7.60. The maximum Gasteiger partial charge on any atom is 0.286 e. The SMILES string of the molecule is Cc1cc(C(=O)Cn2cc([N+](=O)[O-])cc(C(N)=O)c2=O)c(C)n1-c1ccc(Br)cc1. The van der Waals surface area contributed by atoms with Crippen LogP contribution in [0, 0.1) is 24.0 Å². The largest absolute Gasteiger partial charge is 0.365 e. The highest BCUT2D eigenvalue weighted by atomic mass is 79.9. The zero-order chi connectivity index (χ0) is 22.2. The van der Waals surface area contributed by atoms with Crippen molar-refractivity contribution >= 4 is 33.3 Å². The van der Waals surface area contributed by atoms with E-state index in [0.717, 1.165) is 32.7 Å². The molecule has 9 nitrogen and oxygen atoms in total. The quantitative estimate of drug-likeness (QED) is 0.334.